The van der Waals surface area contributed by atoms with Gasteiger partial charge in [0.15, 0.2) is 7.85 Å². The monoisotopic (exact) mass is 223 g/mol. The maximum atomic E-state index is 12.7. The predicted octanol–water partition coefficient (Wildman–Crippen LogP) is 3.38. The van der Waals surface area contributed by atoms with Crippen LogP contribution in [0.3, 0.4) is 0 Å². The fraction of sp³-hybridized carbons (Fsp3) is 0.583. The molecule has 16 heavy (non-hydrogen) atoms. The van der Waals surface area contributed by atoms with E-state index in [0.717, 1.165) is 18.4 Å². The third-order valence-electron chi connectivity index (χ3n) is 2.76. The average molecular weight is 223 g/mol. The lowest BCUT2D eigenvalue weighted by molar-refractivity contribution is 0.0889. The van der Waals surface area contributed by atoms with Crippen LogP contribution in [0, 0.1) is 0 Å². The standard InChI is InChI=1S/C12H16BF2N/c1-4-7-11(2,3)9-5-6-10(16-8-9)12(13,14)15/h5-6,8H,4,7H2,1-3H3. The van der Waals surface area contributed by atoms with Gasteiger partial charge in [-0.2, -0.15) is 0 Å². The molecule has 1 aromatic heterocycles. The van der Waals surface area contributed by atoms with Gasteiger partial charge in [-0.3, -0.25) is 4.98 Å². The highest BCUT2D eigenvalue weighted by atomic mass is 19.3. The molecule has 0 atom stereocenters. The second-order valence-corrected chi connectivity index (χ2v) is 4.69. The molecule has 0 aromatic carbocycles. The summed E-state index contributed by atoms with van der Waals surface area (Å²) in [6.07, 6.45) is 3.53. The number of pyridine rings is 1. The molecule has 1 nitrogen and oxygen atoms in total. The lowest BCUT2D eigenvalue weighted by Crippen LogP contribution is -2.19. The Kier molecular flexibility index (Phi) is 3.71. The number of rotatable bonds is 4. The van der Waals surface area contributed by atoms with E-state index >= 15 is 0 Å². The molecule has 4 heteroatoms. The first kappa shape index (κ1) is 13.1. The molecule has 0 spiro atoms. The van der Waals surface area contributed by atoms with Crippen LogP contribution in [-0.2, 0) is 11.2 Å². The highest BCUT2D eigenvalue weighted by molar-refractivity contribution is 6.13. The summed E-state index contributed by atoms with van der Waals surface area (Å²) in [5, 5.41) is 0. The Morgan fingerprint density at radius 2 is 1.94 bits per heavy atom. The number of nitrogens with zero attached hydrogens (tertiary/aromatic N) is 1. The average Bonchev–Trinajstić information content (AvgIpc) is 2.16. The van der Waals surface area contributed by atoms with Crippen LogP contribution in [0.1, 0.15) is 44.9 Å². The fourth-order valence-electron chi connectivity index (χ4n) is 1.76. The van der Waals surface area contributed by atoms with Crippen molar-refractivity contribution in [1.82, 2.24) is 4.98 Å². The van der Waals surface area contributed by atoms with E-state index in [1.807, 2.05) is 0 Å². The highest BCUT2D eigenvalue weighted by Gasteiger charge is 2.26. The molecule has 86 valence electrons. The molecular formula is C12H16BF2N. The molecule has 0 bridgehead atoms. The van der Waals surface area contributed by atoms with E-state index in [4.69, 9.17) is 0 Å². The molecule has 1 heterocycles. The highest BCUT2D eigenvalue weighted by Crippen LogP contribution is 2.29. The predicted molar refractivity (Wildman–Crippen MR) is 61.8 cm³/mol. The Morgan fingerprint density at radius 3 is 2.31 bits per heavy atom. The summed E-state index contributed by atoms with van der Waals surface area (Å²) in [6.45, 7) is 6.25. The molecule has 0 saturated heterocycles. The zero-order chi connectivity index (χ0) is 12.4. The van der Waals surface area contributed by atoms with Gasteiger partial charge in [-0.15, -0.1) is 0 Å². The summed E-state index contributed by atoms with van der Waals surface area (Å²) in [5.41, 5.74) is 0.537. The van der Waals surface area contributed by atoms with Gasteiger partial charge in [-0.05, 0) is 23.5 Å². The van der Waals surface area contributed by atoms with Crippen molar-refractivity contribution in [2.45, 2.75) is 44.8 Å². The van der Waals surface area contributed by atoms with Crippen molar-refractivity contribution in [3.63, 3.8) is 0 Å². The molecule has 0 saturated carbocycles. The normalized spacial score (nSPS) is 12.8. The molecule has 0 amide bonds. The Balaban J connectivity index is 2.95. The van der Waals surface area contributed by atoms with Crippen LogP contribution >= 0.6 is 0 Å². The Labute approximate surface area is 96.7 Å². The van der Waals surface area contributed by atoms with Gasteiger partial charge < -0.3 is 0 Å². The van der Waals surface area contributed by atoms with Crippen molar-refractivity contribution in [2.24, 2.45) is 0 Å². The Hall–Kier alpha value is -0.925. The summed E-state index contributed by atoms with van der Waals surface area (Å²) in [5.74, 6) is -3.35. The molecule has 0 aliphatic carbocycles. The molecule has 1 aromatic rings. The zero-order valence-electron chi connectivity index (χ0n) is 9.93. The Morgan fingerprint density at radius 1 is 1.31 bits per heavy atom. The number of halogens is 2. The summed E-state index contributed by atoms with van der Waals surface area (Å²) < 4.78 is 25.5. The van der Waals surface area contributed by atoms with E-state index in [2.05, 4.69) is 33.6 Å². The van der Waals surface area contributed by atoms with Gasteiger partial charge in [0.2, 0.25) is 5.82 Å². The first-order valence-electron chi connectivity index (χ1n) is 5.41. The summed E-state index contributed by atoms with van der Waals surface area (Å²) in [4.78, 5) is 3.72. The molecule has 0 fully saturated rings. The van der Waals surface area contributed by atoms with Crippen molar-refractivity contribution >= 4 is 7.85 Å². The second-order valence-electron chi connectivity index (χ2n) is 4.69. The molecule has 0 aliphatic rings. The smallest absolute Gasteiger partial charge is 0.240 e. The van der Waals surface area contributed by atoms with Crippen LogP contribution < -0.4 is 0 Å². The van der Waals surface area contributed by atoms with Crippen molar-refractivity contribution in [1.29, 1.82) is 0 Å². The number of alkyl halides is 2. The van der Waals surface area contributed by atoms with Crippen LogP contribution in [0.5, 0.6) is 0 Å². The first-order valence-corrected chi connectivity index (χ1v) is 5.41. The molecule has 1 rings (SSSR count). The van der Waals surface area contributed by atoms with E-state index in [1.165, 1.54) is 12.3 Å². The fourth-order valence-corrected chi connectivity index (χ4v) is 1.76. The largest absolute Gasteiger partial charge is 0.256 e. The molecule has 0 unspecified atom stereocenters. The molecule has 0 N–H and O–H groups in total. The maximum Gasteiger partial charge on any atom is 0.240 e. The van der Waals surface area contributed by atoms with Gasteiger partial charge >= 0.3 is 0 Å². The van der Waals surface area contributed by atoms with Crippen molar-refractivity contribution in [3.8, 4) is 0 Å². The lowest BCUT2D eigenvalue weighted by Gasteiger charge is -2.24. The van der Waals surface area contributed by atoms with Crippen molar-refractivity contribution < 1.29 is 8.78 Å². The quantitative estimate of drug-likeness (QED) is 0.713. The molecule has 2 radical (unpaired) electrons. The topological polar surface area (TPSA) is 12.9 Å². The van der Waals surface area contributed by atoms with E-state index in [0.29, 0.717) is 0 Å². The van der Waals surface area contributed by atoms with Crippen LogP contribution in [-0.4, -0.2) is 12.8 Å². The summed E-state index contributed by atoms with van der Waals surface area (Å²) >= 11 is 0. The lowest BCUT2D eigenvalue weighted by atomic mass is 9.81. The van der Waals surface area contributed by atoms with Crippen molar-refractivity contribution in [3.05, 3.63) is 29.6 Å². The van der Waals surface area contributed by atoms with Gasteiger partial charge in [0.25, 0.3) is 0 Å². The number of hydrogen-bond donors (Lipinski definition) is 0. The van der Waals surface area contributed by atoms with Crippen LogP contribution in [0.25, 0.3) is 0 Å². The third-order valence-corrected chi connectivity index (χ3v) is 2.76. The van der Waals surface area contributed by atoms with E-state index in [-0.39, 0.29) is 11.1 Å². The second kappa shape index (κ2) is 4.52. The minimum atomic E-state index is -3.35. The molecule has 0 aliphatic heterocycles. The number of aromatic nitrogens is 1. The van der Waals surface area contributed by atoms with Gasteiger partial charge in [-0.1, -0.05) is 33.3 Å². The van der Waals surface area contributed by atoms with Gasteiger partial charge in [0, 0.05) is 6.20 Å². The summed E-state index contributed by atoms with van der Waals surface area (Å²) in [7, 11) is 4.68. The first-order chi connectivity index (χ1) is 7.27. The maximum absolute atomic E-state index is 12.7. The van der Waals surface area contributed by atoms with Crippen molar-refractivity contribution in [2.75, 3.05) is 0 Å². The minimum Gasteiger partial charge on any atom is -0.256 e. The van der Waals surface area contributed by atoms with Crippen LogP contribution in [0.2, 0.25) is 0 Å². The SMILES string of the molecule is [B]C(F)(F)c1ccc(C(C)(C)CCC)cn1. The number of hydrogen-bond acceptors (Lipinski definition) is 1. The van der Waals surface area contributed by atoms with Crippen LogP contribution in [0.4, 0.5) is 8.78 Å². The van der Waals surface area contributed by atoms with Gasteiger partial charge in [-0.25, -0.2) is 8.78 Å². The van der Waals surface area contributed by atoms with Gasteiger partial charge in [0.05, 0.1) is 5.69 Å². The zero-order valence-corrected chi connectivity index (χ0v) is 9.93. The van der Waals surface area contributed by atoms with E-state index in [1.54, 1.807) is 6.07 Å². The minimum absolute atomic E-state index is 0.0375. The Bertz CT molecular complexity index is 341. The third kappa shape index (κ3) is 3.03. The van der Waals surface area contributed by atoms with E-state index in [9.17, 15) is 8.78 Å². The van der Waals surface area contributed by atoms with Crippen LogP contribution in [0.15, 0.2) is 18.3 Å². The summed E-state index contributed by atoms with van der Waals surface area (Å²) in [6, 6.07) is 2.98. The van der Waals surface area contributed by atoms with Gasteiger partial charge in [0.1, 0.15) is 0 Å². The molecular weight excluding hydrogens is 207 g/mol. The van der Waals surface area contributed by atoms with E-state index < -0.39 is 5.82 Å².